The highest BCUT2D eigenvalue weighted by molar-refractivity contribution is 5.81. The maximum atomic E-state index is 5.86. The average molecular weight is 285 g/mol. The van der Waals surface area contributed by atoms with Crippen molar-refractivity contribution >= 4 is 22.7 Å². The van der Waals surface area contributed by atoms with E-state index in [9.17, 15) is 0 Å². The van der Waals surface area contributed by atoms with E-state index in [4.69, 9.17) is 10.7 Å². The van der Waals surface area contributed by atoms with Crippen LogP contribution in [0.2, 0.25) is 0 Å². The summed E-state index contributed by atoms with van der Waals surface area (Å²) in [6.45, 7) is 5.78. The molecule has 2 aromatic rings. The minimum atomic E-state index is 0.497. The zero-order chi connectivity index (χ0) is 14.4. The van der Waals surface area contributed by atoms with E-state index in [2.05, 4.69) is 21.7 Å². The fraction of sp³-hybridized carbons (Fsp3) is 0.562. The van der Waals surface area contributed by atoms with Gasteiger partial charge in [-0.25, -0.2) is 4.98 Å². The number of aromatic nitrogens is 2. The van der Waals surface area contributed by atoms with Crippen molar-refractivity contribution in [2.75, 3.05) is 30.3 Å². The third-order valence-corrected chi connectivity index (χ3v) is 4.95. The first-order valence-electron chi connectivity index (χ1n) is 7.96. The Morgan fingerprint density at radius 3 is 3.10 bits per heavy atom. The van der Waals surface area contributed by atoms with Crippen LogP contribution in [0.15, 0.2) is 18.2 Å². The predicted octanol–water partition coefficient (Wildman–Crippen LogP) is 2.21. The molecule has 2 aliphatic rings. The number of nitrogens with two attached hydrogens (primary N) is 1. The van der Waals surface area contributed by atoms with Crippen molar-refractivity contribution in [2.24, 2.45) is 0 Å². The van der Waals surface area contributed by atoms with Crippen molar-refractivity contribution in [3.63, 3.8) is 0 Å². The number of imidazole rings is 1. The van der Waals surface area contributed by atoms with E-state index < -0.39 is 0 Å². The Labute approximate surface area is 125 Å². The molecular weight excluding hydrogens is 262 g/mol. The summed E-state index contributed by atoms with van der Waals surface area (Å²) in [4.78, 5) is 13.3. The molecule has 0 radical (unpaired) electrons. The van der Waals surface area contributed by atoms with Crippen LogP contribution in [0.3, 0.4) is 0 Å². The molecule has 0 bridgehead atoms. The molecule has 2 unspecified atom stereocenters. The Balaban J connectivity index is 1.64. The van der Waals surface area contributed by atoms with Gasteiger partial charge in [-0.2, -0.15) is 0 Å². The van der Waals surface area contributed by atoms with E-state index in [1.807, 2.05) is 18.2 Å². The molecule has 2 saturated heterocycles. The highest BCUT2D eigenvalue weighted by Gasteiger charge is 2.34. The van der Waals surface area contributed by atoms with Crippen LogP contribution in [0.25, 0.3) is 11.0 Å². The number of nitrogens with zero attached hydrogens (tertiary/aromatic N) is 3. The van der Waals surface area contributed by atoms with E-state index in [-0.39, 0.29) is 0 Å². The summed E-state index contributed by atoms with van der Waals surface area (Å²) in [5.41, 5.74) is 8.67. The molecule has 3 heterocycles. The minimum absolute atomic E-state index is 0.497. The number of H-pyrrole nitrogens is 1. The first-order valence-corrected chi connectivity index (χ1v) is 7.96. The Bertz CT molecular complexity index is 649. The van der Waals surface area contributed by atoms with E-state index in [0.717, 1.165) is 35.8 Å². The van der Waals surface area contributed by atoms with Crippen molar-refractivity contribution in [1.82, 2.24) is 14.9 Å². The molecule has 0 amide bonds. The van der Waals surface area contributed by atoms with Crippen LogP contribution >= 0.6 is 0 Å². The van der Waals surface area contributed by atoms with Crippen molar-refractivity contribution in [3.8, 4) is 0 Å². The zero-order valence-electron chi connectivity index (χ0n) is 12.5. The molecule has 1 aromatic carbocycles. The number of rotatable bonds is 1. The molecule has 1 aromatic heterocycles. The first kappa shape index (κ1) is 13.0. The molecule has 2 atom stereocenters. The van der Waals surface area contributed by atoms with E-state index in [1.165, 1.54) is 25.8 Å². The van der Waals surface area contributed by atoms with Crippen LogP contribution in [0, 0.1) is 0 Å². The lowest BCUT2D eigenvalue weighted by atomic mass is 9.97. The molecular formula is C16H23N5. The quantitative estimate of drug-likeness (QED) is 0.789. The fourth-order valence-corrected chi connectivity index (χ4v) is 3.80. The van der Waals surface area contributed by atoms with Gasteiger partial charge in [-0.3, -0.25) is 4.90 Å². The van der Waals surface area contributed by atoms with Crippen molar-refractivity contribution < 1.29 is 0 Å². The maximum Gasteiger partial charge on any atom is 0.204 e. The second-order valence-corrected chi connectivity index (χ2v) is 6.48. The van der Waals surface area contributed by atoms with Crippen LogP contribution in [-0.2, 0) is 0 Å². The molecule has 3 N–H and O–H groups in total. The minimum Gasteiger partial charge on any atom is -0.399 e. The van der Waals surface area contributed by atoms with Gasteiger partial charge in [0.15, 0.2) is 0 Å². The second-order valence-electron chi connectivity index (χ2n) is 6.48. The summed E-state index contributed by atoms with van der Waals surface area (Å²) in [6, 6.07) is 7.06. The molecule has 2 aliphatic heterocycles. The fourth-order valence-electron chi connectivity index (χ4n) is 3.80. The van der Waals surface area contributed by atoms with Gasteiger partial charge in [-0.15, -0.1) is 0 Å². The number of anilines is 2. The average Bonchev–Trinajstić information content (AvgIpc) is 2.89. The predicted molar refractivity (Wildman–Crippen MR) is 86.5 cm³/mol. The first-order chi connectivity index (χ1) is 10.2. The lowest BCUT2D eigenvalue weighted by molar-refractivity contribution is 0.115. The highest BCUT2D eigenvalue weighted by atomic mass is 15.4. The number of hydrogen-bond acceptors (Lipinski definition) is 4. The molecule has 5 nitrogen and oxygen atoms in total. The number of fused-ring (bicyclic) bond motifs is 2. The zero-order valence-corrected chi connectivity index (χ0v) is 12.5. The van der Waals surface area contributed by atoms with Gasteiger partial charge in [0.05, 0.1) is 11.0 Å². The second kappa shape index (κ2) is 4.91. The monoisotopic (exact) mass is 285 g/mol. The molecule has 0 aliphatic carbocycles. The normalized spacial score (nSPS) is 27.0. The number of hydrogen-bond donors (Lipinski definition) is 2. The third-order valence-electron chi connectivity index (χ3n) is 4.95. The van der Waals surface area contributed by atoms with Gasteiger partial charge in [0, 0.05) is 30.9 Å². The van der Waals surface area contributed by atoms with Crippen LogP contribution in [0.4, 0.5) is 11.6 Å². The molecule has 0 spiro atoms. The number of benzene rings is 1. The number of piperidine rings is 1. The van der Waals surface area contributed by atoms with Gasteiger partial charge in [-0.1, -0.05) is 6.42 Å². The Kier molecular flexibility index (Phi) is 3.03. The van der Waals surface area contributed by atoms with E-state index >= 15 is 0 Å². The van der Waals surface area contributed by atoms with Gasteiger partial charge >= 0.3 is 0 Å². The summed E-state index contributed by atoms with van der Waals surface area (Å²) in [5, 5.41) is 0. The summed E-state index contributed by atoms with van der Waals surface area (Å²) in [7, 11) is 0. The molecule has 4 rings (SSSR count). The lowest BCUT2D eigenvalue weighted by Crippen LogP contribution is -2.59. The number of piperazine rings is 1. The van der Waals surface area contributed by atoms with Crippen molar-refractivity contribution in [2.45, 2.75) is 38.3 Å². The maximum absolute atomic E-state index is 5.86. The molecule has 21 heavy (non-hydrogen) atoms. The Morgan fingerprint density at radius 2 is 2.19 bits per heavy atom. The number of nitrogens with one attached hydrogen (secondary N) is 1. The summed E-state index contributed by atoms with van der Waals surface area (Å²) in [5.74, 6) is 0.994. The van der Waals surface area contributed by atoms with Gasteiger partial charge in [-0.05, 0) is 44.5 Å². The molecule has 0 saturated carbocycles. The molecule has 2 fully saturated rings. The number of nitrogen functional groups attached to an aromatic ring is 1. The van der Waals surface area contributed by atoms with Crippen LogP contribution in [0.1, 0.15) is 26.2 Å². The summed E-state index contributed by atoms with van der Waals surface area (Å²) in [6.07, 6.45) is 4.03. The van der Waals surface area contributed by atoms with Crippen molar-refractivity contribution in [1.29, 1.82) is 0 Å². The molecule has 112 valence electrons. The van der Waals surface area contributed by atoms with Gasteiger partial charge in [0.25, 0.3) is 0 Å². The van der Waals surface area contributed by atoms with Crippen molar-refractivity contribution in [3.05, 3.63) is 18.2 Å². The SMILES string of the molecule is CC1CN2CCCCC2CN1c1nc2ccc(N)cc2[nH]1. The Hall–Kier alpha value is -1.75. The van der Waals surface area contributed by atoms with E-state index in [1.54, 1.807) is 0 Å². The third kappa shape index (κ3) is 2.25. The van der Waals surface area contributed by atoms with Crippen LogP contribution in [0.5, 0.6) is 0 Å². The van der Waals surface area contributed by atoms with Crippen LogP contribution < -0.4 is 10.6 Å². The lowest BCUT2D eigenvalue weighted by Gasteiger charge is -2.47. The van der Waals surface area contributed by atoms with Gasteiger partial charge < -0.3 is 15.6 Å². The summed E-state index contributed by atoms with van der Waals surface area (Å²) >= 11 is 0. The van der Waals surface area contributed by atoms with E-state index in [0.29, 0.717) is 12.1 Å². The smallest absolute Gasteiger partial charge is 0.204 e. The standard InChI is InChI=1S/C16H23N5/c1-11-9-20-7-3-2-4-13(20)10-21(11)16-18-14-6-5-12(17)8-15(14)19-16/h5-6,8,11,13H,2-4,7,9-10,17H2,1H3,(H,18,19). The summed E-state index contributed by atoms with van der Waals surface area (Å²) < 4.78 is 0. The largest absolute Gasteiger partial charge is 0.399 e. The van der Waals surface area contributed by atoms with Gasteiger partial charge in [0.1, 0.15) is 0 Å². The van der Waals surface area contributed by atoms with Gasteiger partial charge in [0.2, 0.25) is 5.95 Å². The van der Waals surface area contributed by atoms with Crippen LogP contribution in [-0.4, -0.2) is 46.6 Å². The Morgan fingerprint density at radius 1 is 1.29 bits per heavy atom. The topological polar surface area (TPSA) is 61.2 Å². The number of aromatic amines is 1. The highest BCUT2D eigenvalue weighted by Crippen LogP contribution is 2.28. The molecule has 5 heteroatoms.